The molecule has 200 valence electrons. The third-order valence-electron chi connectivity index (χ3n) is 8.63. The van der Waals surface area contributed by atoms with E-state index in [9.17, 15) is 19.2 Å². The lowest BCUT2D eigenvalue weighted by Gasteiger charge is -2.44. The van der Waals surface area contributed by atoms with Crippen molar-refractivity contribution in [3.63, 3.8) is 0 Å². The molecule has 3 aliphatic rings. The van der Waals surface area contributed by atoms with Crippen molar-refractivity contribution < 1.29 is 18.3 Å². The van der Waals surface area contributed by atoms with E-state index in [-0.39, 0.29) is 5.92 Å². The fourth-order valence-electron chi connectivity index (χ4n) is 6.42. The Morgan fingerprint density at radius 2 is 1.92 bits per heavy atom. The first-order chi connectivity index (χ1) is 18.3. The number of anilines is 1. The summed E-state index contributed by atoms with van der Waals surface area (Å²) in [6.45, 7) is 1.18. The van der Waals surface area contributed by atoms with Crippen LogP contribution >= 0.6 is 21.9 Å². The van der Waals surface area contributed by atoms with Crippen molar-refractivity contribution in [1.82, 2.24) is 9.97 Å². The summed E-state index contributed by atoms with van der Waals surface area (Å²) in [5.41, 5.74) is 6.89. The molecule has 1 aromatic carbocycles. The molecule has 2 aliphatic carbocycles. The molecule has 3 heterocycles. The quantitative estimate of drug-likeness (QED) is 0.364. The van der Waals surface area contributed by atoms with Crippen LogP contribution in [0.1, 0.15) is 50.2 Å². The highest BCUT2D eigenvalue weighted by atomic mass is 32.3. The summed E-state index contributed by atoms with van der Waals surface area (Å²) in [7, 11) is -2.47. The summed E-state index contributed by atoms with van der Waals surface area (Å²) < 4.78 is 26.4. The Kier molecular flexibility index (Phi) is 6.26. The second-order valence-corrected chi connectivity index (χ2v) is 14.0. The molecule has 38 heavy (non-hydrogen) atoms. The summed E-state index contributed by atoms with van der Waals surface area (Å²) in [4.78, 5) is 24.6. The van der Waals surface area contributed by atoms with Crippen LogP contribution in [0, 0.1) is 22.2 Å². The van der Waals surface area contributed by atoms with Crippen molar-refractivity contribution in [2.45, 2.75) is 44.4 Å². The first-order valence-electron chi connectivity index (χ1n) is 13.0. The zero-order valence-corrected chi connectivity index (χ0v) is 22.6. The average Bonchev–Trinajstić information content (AvgIpc) is 3.32. The highest BCUT2D eigenvalue weighted by molar-refractivity contribution is 8.24. The zero-order valence-electron chi connectivity index (χ0n) is 21.0. The van der Waals surface area contributed by atoms with E-state index in [2.05, 4.69) is 16.0 Å². The number of thiazole rings is 1. The standard InChI is InChI=1S/C27H31N5O4S2/c28-17-26(9-10-26)27(25(29)33)8-2-1-3-20(27)22-21(31-23(36-22)24-30-11-14-37-24)18-4-6-19(7-5-18)32-12-15-38(34,35)16-13-32/h4-7,11,14,20,34-35H,1-3,8-10,12-13,15-16H2,(H2,29,33). The monoisotopic (exact) mass is 553 g/mol. The van der Waals surface area contributed by atoms with Crippen molar-refractivity contribution in [2.24, 2.45) is 16.6 Å². The van der Waals surface area contributed by atoms with Crippen LogP contribution in [0.2, 0.25) is 0 Å². The number of nitrogens with two attached hydrogens (primary N) is 1. The number of oxazole rings is 1. The second-order valence-electron chi connectivity index (χ2n) is 10.6. The van der Waals surface area contributed by atoms with Gasteiger partial charge in [0.2, 0.25) is 5.91 Å². The number of benzene rings is 1. The first-order valence-corrected chi connectivity index (χ1v) is 15.8. The molecule has 2 aromatic heterocycles. The normalized spacial score (nSPS) is 26.9. The smallest absolute Gasteiger partial charge is 0.256 e. The molecule has 3 aromatic rings. The van der Waals surface area contributed by atoms with E-state index in [4.69, 9.17) is 15.1 Å². The molecule has 1 saturated heterocycles. The molecule has 3 fully saturated rings. The SMILES string of the molecule is N#CC1(C2(C(N)=O)CCCCC2c2oc(-c3nccs3)nc2-c2ccc(N3CCS(O)(O)CC3)cc2)CC1. The van der Waals surface area contributed by atoms with E-state index in [0.29, 0.717) is 72.6 Å². The Morgan fingerprint density at radius 3 is 2.53 bits per heavy atom. The Bertz CT molecular complexity index is 1370. The van der Waals surface area contributed by atoms with Gasteiger partial charge in [0, 0.05) is 41.8 Å². The third kappa shape index (κ3) is 4.11. The van der Waals surface area contributed by atoms with Gasteiger partial charge in [0.15, 0.2) is 5.01 Å². The largest absolute Gasteiger partial charge is 0.438 e. The lowest BCUT2D eigenvalue weighted by Crippen LogP contribution is -2.50. The first kappa shape index (κ1) is 25.4. The van der Waals surface area contributed by atoms with E-state index < -0.39 is 27.3 Å². The van der Waals surface area contributed by atoms with Crippen LogP contribution in [-0.2, 0) is 4.79 Å². The maximum absolute atomic E-state index is 13.2. The van der Waals surface area contributed by atoms with E-state index >= 15 is 0 Å². The molecule has 2 saturated carbocycles. The van der Waals surface area contributed by atoms with Crippen LogP contribution in [0.4, 0.5) is 5.69 Å². The lowest BCUT2D eigenvalue weighted by atomic mass is 9.56. The fraction of sp³-hybridized carbons (Fsp3) is 0.481. The predicted molar refractivity (Wildman–Crippen MR) is 148 cm³/mol. The van der Waals surface area contributed by atoms with Crippen molar-refractivity contribution in [3.8, 4) is 28.2 Å². The maximum atomic E-state index is 13.2. The van der Waals surface area contributed by atoms with Gasteiger partial charge < -0.3 is 15.1 Å². The van der Waals surface area contributed by atoms with Crippen LogP contribution in [0.3, 0.4) is 0 Å². The van der Waals surface area contributed by atoms with Crippen molar-refractivity contribution in [3.05, 3.63) is 41.6 Å². The molecule has 0 bridgehead atoms. The number of hydrogen-bond acceptors (Lipinski definition) is 9. The number of primary amides is 1. The molecule has 2 unspecified atom stereocenters. The van der Waals surface area contributed by atoms with Crippen LogP contribution < -0.4 is 10.6 Å². The van der Waals surface area contributed by atoms with Crippen LogP contribution in [0.15, 0.2) is 40.3 Å². The molecule has 1 aliphatic heterocycles. The Morgan fingerprint density at radius 1 is 1.18 bits per heavy atom. The molecule has 6 rings (SSSR count). The molecule has 4 N–H and O–H groups in total. The predicted octanol–water partition coefficient (Wildman–Crippen LogP) is 5.47. The minimum absolute atomic E-state index is 0.348. The van der Waals surface area contributed by atoms with E-state index in [1.165, 1.54) is 11.3 Å². The van der Waals surface area contributed by atoms with Gasteiger partial charge in [-0.15, -0.1) is 11.3 Å². The van der Waals surface area contributed by atoms with E-state index in [1.54, 1.807) is 6.20 Å². The number of rotatable bonds is 6. The lowest BCUT2D eigenvalue weighted by molar-refractivity contribution is -0.135. The summed E-state index contributed by atoms with van der Waals surface area (Å²) in [6.07, 6.45) is 6.07. The number of hydrogen-bond donors (Lipinski definition) is 3. The number of carbonyl (C=O) groups excluding carboxylic acids is 1. The maximum Gasteiger partial charge on any atom is 0.256 e. The highest BCUT2D eigenvalue weighted by Gasteiger charge is 2.67. The summed E-state index contributed by atoms with van der Waals surface area (Å²) in [5, 5.41) is 12.7. The van der Waals surface area contributed by atoms with Gasteiger partial charge in [0.05, 0.1) is 28.4 Å². The minimum atomic E-state index is -2.47. The number of aromatic nitrogens is 2. The molecular formula is C27H31N5O4S2. The van der Waals surface area contributed by atoms with Crippen molar-refractivity contribution in [2.75, 3.05) is 29.5 Å². The van der Waals surface area contributed by atoms with Gasteiger partial charge in [0.1, 0.15) is 11.5 Å². The molecule has 2 atom stereocenters. The van der Waals surface area contributed by atoms with Crippen LogP contribution in [0.25, 0.3) is 22.2 Å². The van der Waals surface area contributed by atoms with Gasteiger partial charge in [-0.2, -0.15) is 15.9 Å². The topological polar surface area (TPSA) is 149 Å². The third-order valence-corrected chi connectivity index (χ3v) is 11.1. The molecule has 11 heteroatoms. The van der Waals surface area contributed by atoms with Gasteiger partial charge >= 0.3 is 0 Å². The Hall–Kier alpha value is -2.91. The van der Waals surface area contributed by atoms with Gasteiger partial charge in [-0.1, -0.05) is 25.0 Å². The van der Waals surface area contributed by atoms with E-state index in [0.717, 1.165) is 24.1 Å². The second kappa shape index (κ2) is 9.38. The van der Waals surface area contributed by atoms with Gasteiger partial charge in [-0.05, 0) is 37.8 Å². The fourth-order valence-corrected chi connectivity index (χ4v) is 8.21. The highest BCUT2D eigenvalue weighted by Crippen LogP contribution is 2.68. The van der Waals surface area contributed by atoms with Crippen LogP contribution in [0.5, 0.6) is 0 Å². The molecular weight excluding hydrogens is 522 g/mol. The minimum Gasteiger partial charge on any atom is -0.438 e. The summed E-state index contributed by atoms with van der Waals surface area (Å²) in [6, 6.07) is 10.5. The molecule has 0 spiro atoms. The molecule has 0 radical (unpaired) electrons. The van der Waals surface area contributed by atoms with E-state index in [1.807, 2.05) is 29.6 Å². The summed E-state index contributed by atoms with van der Waals surface area (Å²) in [5.74, 6) is 0.981. The Balaban J connectivity index is 1.42. The number of amides is 1. The van der Waals surface area contributed by atoms with Crippen molar-refractivity contribution >= 4 is 33.5 Å². The van der Waals surface area contributed by atoms with Gasteiger partial charge in [-0.3, -0.25) is 13.9 Å². The summed E-state index contributed by atoms with van der Waals surface area (Å²) >= 11 is 1.43. The number of nitrogens with zero attached hydrogens (tertiary/aromatic N) is 4. The van der Waals surface area contributed by atoms with Crippen LogP contribution in [-0.4, -0.2) is 49.6 Å². The zero-order chi connectivity index (χ0) is 26.5. The van der Waals surface area contributed by atoms with Gasteiger partial charge in [0.25, 0.3) is 5.89 Å². The number of carbonyl (C=O) groups is 1. The average molecular weight is 554 g/mol. The van der Waals surface area contributed by atoms with Crippen molar-refractivity contribution in [1.29, 1.82) is 5.26 Å². The van der Waals surface area contributed by atoms with Gasteiger partial charge in [-0.25, -0.2) is 9.97 Å². The molecule has 1 amide bonds. The number of nitriles is 1. The molecule has 9 nitrogen and oxygen atoms in total. The Labute approximate surface area is 227 Å².